The van der Waals surface area contributed by atoms with E-state index in [1.54, 1.807) is 24.3 Å². The van der Waals surface area contributed by atoms with E-state index >= 15 is 0 Å². The molecule has 0 unspecified atom stereocenters. The predicted molar refractivity (Wildman–Crippen MR) is 64.4 cm³/mol. The van der Waals surface area contributed by atoms with Crippen LogP contribution in [0.2, 0.25) is 0 Å². The summed E-state index contributed by atoms with van der Waals surface area (Å²) in [5.74, 6) is 0.0545. The van der Waals surface area contributed by atoms with Gasteiger partial charge in [0.2, 0.25) is 0 Å². The molecule has 2 aromatic heterocycles. The van der Waals surface area contributed by atoms with Gasteiger partial charge in [0.25, 0.3) is 5.91 Å². The van der Waals surface area contributed by atoms with Gasteiger partial charge >= 0.3 is 0 Å². The lowest BCUT2D eigenvalue weighted by atomic mass is 10.2. The average molecular weight is 232 g/mol. The van der Waals surface area contributed by atoms with Gasteiger partial charge in [0.1, 0.15) is 0 Å². The Kier molecular flexibility index (Phi) is 3.31. The maximum atomic E-state index is 11.9. The molecule has 0 saturated heterocycles. The largest absolute Gasteiger partial charge is 0.337 e. The molecule has 0 aliphatic rings. The van der Waals surface area contributed by atoms with Crippen molar-refractivity contribution < 1.29 is 4.79 Å². The zero-order valence-electron chi connectivity index (χ0n) is 8.96. The van der Waals surface area contributed by atoms with Crippen LogP contribution in [-0.4, -0.2) is 22.8 Å². The first kappa shape index (κ1) is 10.8. The lowest BCUT2D eigenvalue weighted by Crippen LogP contribution is -2.25. The molecule has 2 heterocycles. The summed E-state index contributed by atoms with van der Waals surface area (Å²) >= 11 is 1.46. The van der Waals surface area contributed by atoms with Gasteiger partial charge in [-0.1, -0.05) is 12.1 Å². The summed E-state index contributed by atoms with van der Waals surface area (Å²) in [7, 11) is 1.80. The average Bonchev–Trinajstić information content (AvgIpc) is 2.83. The Labute approximate surface area is 98.4 Å². The Bertz CT molecular complexity index is 453. The van der Waals surface area contributed by atoms with Crippen molar-refractivity contribution in [3.63, 3.8) is 0 Å². The summed E-state index contributed by atoms with van der Waals surface area (Å²) in [6, 6.07) is 7.56. The lowest BCUT2D eigenvalue weighted by Gasteiger charge is -2.15. The van der Waals surface area contributed by atoms with Gasteiger partial charge in [0.05, 0.1) is 4.88 Å². The topological polar surface area (TPSA) is 33.2 Å². The second-order valence-corrected chi connectivity index (χ2v) is 4.45. The highest BCUT2D eigenvalue weighted by atomic mass is 32.1. The summed E-state index contributed by atoms with van der Waals surface area (Å²) in [6.45, 7) is 0.588. The molecule has 2 rings (SSSR count). The van der Waals surface area contributed by atoms with Crippen molar-refractivity contribution >= 4 is 17.2 Å². The third kappa shape index (κ3) is 2.46. The number of amides is 1. The summed E-state index contributed by atoms with van der Waals surface area (Å²) in [4.78, 5) is 18.4. The molecule has 4 heteroatoms. The van der Waals surface area contributed by atoms with Crippen LogP contribution in [0.4, 0.5) is 0 Å². The standard InChI is InChI=1S/C12H12N2OS/c1-14(9-10-4-2-6-13-8-10)12(15)11-5-3-7-16-11/h2-8H,9H2,1H3. The van der Waals surface area contributed by atoms with Gasteiger partial charge in [-0.3, -0.25) is 9.78 Å². The van der Waals surface area contributed by atoms with Crippen molar-refractivity contribution in [2.75, 3.05) is 7.05 Å². The molecule has 2 aromatic rings. The first-order valence-corrected chi connectivity index (χ1v) is 5.83. The van der Waals surface area contributed by atoms with Gasteiger partial charge in [-0.25, -0.2) is 0 Å². The molecule has 3 nitrogen and oxygen atoms in total. The van der Waals surface area contributed by atoms with Gasteiger partial charge < -0.3 is 4.90 Å². The molecule has 0 aromatic carbocycles. The molecule has 1 amide bonds. The van der Waals surface area contributed by atoms with E-state index in [9.17, 15) is 4.79 Å². The Morgan fingerprint density at radius 3 is 2.94 bits per heavy atom. The van der Waals surface area contributed by atoms with Crippen molar-refractivity contribution in [1.82, 2.24) is 9.88 Å². The van der Waals surface area contributed by atoms with Gasteiger partial charge in [0.15, 0.2) is 0 Å². The van der Waals surface area contributed by atoms with Crippen molar-refractivity contribution in [3.05, 3.63) is 52.5 Å². The first-order chi connectivity index (χ1) is 7.77. The molecular weight excluding hydrogens is 220 g/mol. The van der Waals surface area contributed by atoms with Crippen molar-refractivity contribution in [1.29, 1.82) is 0 Å². The number of thiophene rings is 1. The number of aromatic nitrogens is 1. The second-order valence-electron chi connectivity index (χ2n) is 3.50. The Hall–Kier alpha value is -1.68. The SMILES string of the molecule is CN(Cc1cccnc1)C(=O)c1cccs1. The van der Waals surface area contributed by atoms with Crippen LogP contribution in [0.3, 0.4) is 0 Å². The molecule has 0 aliphatic heterocycles. The number of hydrogen-bond donors (Lipinski definition) is 0. The third-order valence-electron chi connectivity index (χ3n) is 2.22. The maximum absolute atomic E-state index is 11.9. The molecule has 0 atom stereocenters. The van der Waals surface area contributed by atoms with Crippen LogP contribution < -0.4 is 0 Å². The van der Waals surface area contributed by atoms with Crippen LogP contribution in [0.25, 0.3) is 0 Å². The molecule has 0 fully saturated rings. The Balaban J connectivity index is 2.04. The number of carbonyl (C=O) groups is 1. The van der Waals surface area contributed by atoms with E-state index in [1.165, 1.54) is 11.3 Å². The van der Waals surface area contributed by atoms with Crippen LogP contribution in [-0.2, 0) is 6.54 Å². The van der Waals surface area contributed by atoms with E-state index in [2.05, 4.69) is 4.98 Å². The van der Waals surface area contributed by atoms with Gasteiger partial charge in [-0.2, -0.15) is 0 Å². The van der Waals surface area contributed by atoms with E-state index in [4.69, 9.17) is 0 Å². The number of rotatable bonds is 3. The molecular formula is C12H12N2OS. The Morgan fingerprint density at radius 2 is 2.31 bits per heavy atom. The minimum Gasteiger partial charge on any atom is -0.337 e. The minimum absolute atomic E-state index is 0.0545. The van der Waals surface area contributed by atoms with E-state index < -0.39 is 0 Å². The molecule has 82 valence electrons. The summed E-state index contributed by atoms with van der Waals surface area (Å²) < 4.78 is 0. The van der Waals surface area contributed by atoms with E-state index in [1.807, 2.05) is 29.6 Å². The summed E-state index contributed by atoms with van der Waals surface area (Å²) in [6.07, 6.45) is 3.50. The first-order valence-electron chi connectivity index (χ1n) is 4.95. The molecule has 16 heavy (non-hydrogen) atoms. The predicted octanol–water partition coefficient (Wildman–Crippen LogP) is 2.42. The van der Waals surface area contributed by atoms with E-state index in [0.717, 1.165) is 10.4 Å². The quantitative estimate of drug-likeness (QED) is 0.814. The van der Waals surface area contributed by atoms with E-state index in [-0.39, 0.29) is 5.91 Å². The monoisotopic (exact) mass is 232 g/mol. The molecule has 0 saturated carbocycles. The Morgan fingerprint density at radius 1 is 1.44 bits per heavy atom. The molecule has 0 bridgehead atoms. The highest BCUT2D eigenvalue weighted by molar-refractivity contribution is 7.12. The number of carbonyl (C=O) groups excluding carboxylic acids is 1. The zero-order chi connectivity index (χ0) is 11.4. The van der Waals surface area contributed by atoms with Gasteiger partial charge in [-0.15, -0.1) is 11.3 Å². The fraction of sp³-hybridized carbons (Fsp3) is 0.167. The minimum atomic E-state index is 0.0545. The third-order valence-corrected chi connectivity index (χ3v) is 3.08. The van der Waals surface area contributed by atoms with Crippen LogP contribution in [0.5, 0.6) is 0 Å². The molecule has 0 spiro atoms. The zero-order valence-corrected chi connectivity index (χ0v) is 9.78. The van der Waals surface area contributed by atoms with Crippen molar-refractivity contribution in [2.45, 2.75) is 6.54 Å². The number of hydrogen-bond acceptors (Lipinski definition) is 3. The second kappa shape index (κ2) is 4.90. The molecule has 0 aliphatic carbocycles. The number of nitrogens with zero attached hydrogens (tertiary/aromatic N) is 2. The highest BCUT2D eigenvalue weighted by Gasteiger charge is 2.12. The fourth-order valence-electron chi connectivity index (χ4n) is 1.43. The van der Waals surface area contributed by atoms with E-state index in [0.29, 0.717) is 6.54 Å². The van der Waals surface area contributed by atoms with Gasteiger partial charge in [0, 0.05) is 26.0 Å². The van der Waals surface area contributed by atoms with Crippen molar-refractivity contribution in [3.8, 4) is 0 Å². The van der Waals surface area contributed by atoms with Crippen molar-refractivity contribution in [2.24, 2.45) is 0 Å². The van der Waals surface area contributed by atoms with Crippen LogP contribution in [0.15, 0.2) is 42.0 Å². The lowest BCUT2D eigenvalue weighted by molar-refractivity contribution is 0.0790. The highest BCUT2D eigenvalue weighted by Crippen LogP contribution is 2.12. The summed E-state index contributed by atoms with van der Waals surface area (Å²) in [5, 5.41) is 1.91. The summed E-state index contributed by atoms with van der Waals surface area (Å²) in [5.41, 5.74) is 1.04. The fourth-order valence-corrected chi connectivity index (χ4v) is 2.14. The number of pyridine rings is 1. The smallest absolute Gasteiger partial charge is 0.263 e. The van der Waals surface area contributed by atoms with Crippen LogP contribution >= 0.6 is 11.3 Å². The van der Waals surface area contributed by atoms with Crippen LogP contribution in [0.1, 0.15) is 15.2 Å². The molecule has 0 N–H and O–H groups in total. The normalized spacial score (nSPS) is 10.1. The van der Waals surface area contributed by atoms with Crippen LogP contribution in [0, 0.1) is 0 Å². The van der Waals surface area contributed by atoms with Gasteiger partial charge in [-0.05, 0) is 23.1 Å². The maximum Gasteiger partial charge on any atom is 0.263 e. The molecule has 0 radical (unpaired) electrons.